The van der Waals surface area contributed by atoms with Gasteiger partial charge in [-0.05, 0) is 49.9 Å². The van der Waals surface area contributed by atoms with Crippen molar-refractivity contribution >= 4 is 23.4 Å². The molecule has 2 aromatic rings. The second-order valence-corrected chi connectivity index (χ2v) is 9.24. The first-order valence-electron chi connectivity index (χ1n) is 11.0. The van der Waals surface area contributed by atoms with Crippen molar-refractivity contribution in [1.29, 1.82) is 0 Å². The van der Waals surface area contributed by atoms with Crippen LogP contribution in [0.3, 0.4) is 0 Å². The van der Waals surface area contributed by atoms with E-state index in [-0.39, 0.29) is 35.6 Å². The van der Waals surface area contributed by atoms with E-state index in [4.69, 9.17) is 4.52 Å². The maximum absolute atomic E-state index is 12.8. The predicted octanol–water partition coefficient (Wildman–Crippen LogP) is 2.28. The first-order chi connectivity index (χ1) is 15.2. The summed E-state index contributed by atoms with van der Waals surface area (Å²) in [5.41, 5.74) is 0.722. The van der Waals surface area contributed by atoms with Gasteiger partial charge in [0.15, 0.2) is 5.82 Å². The van der Waals surface area contributed by atoms with Crippen molar-refractivity contribution in [2.24, 2.45) is 11.8 Å². The van der Waals surface area contributed by atoms with Crippen molar-refractivity contribution in [2.75, 3.05) is 18.4 Å². The molecule has 1 aliphatic heterocycles. The van der Waals surface area contributed by atoms with E-state index in [2.05, 4.69) is 20.8 Å². The summed E-state index contributed by atoms with van der Waals surface area (Å²) in [5, 5.41) is 9.80. The smallest absolute Gasteiger partial charge is 0.251 e. The lowest BCUT2D eigenvalue weighted by Crippen LogP contribution is -2.40. The number of rotatable bonds is 5. The summed E-state index contributed by atoms with van der Waals surface area (Å²) in [4.78, 5) is 43.1. The third-order valence-electron chi connectivity index (χ3n) is 6.44. The van der Waals surface area contributed by atoms with Crippen LogP contribution in [-0.2, 0) is 15.0 Å². The lowest BCUT2D eigenvalue weighted by molar-refractivity contribution is -0.133. The Morgan fingerprint density at radius 3 is 2.53 bits per heavy atom. The van der Waals surface area contributed by atoms with Crippen LogP contribution in [0, 0.1) is 18.8 Å². The summed E-state index contributed by atoms with van der Waals surface area (Å²) in [6.07, 6.45) is 1.37. The number of nitrogens with one attached hydrogen (secondary N) is 2. The third-order valence-corrected chi connectivity index (χ3v) is 6.44. The molecule has 0 unspecified atom stereocenters. The van der Waals surface area contributed by atoms with Crippen LogP contribution in [0.15, 0.2) is 28.8 Å². The summed E-state index contributed by atoms with van der Waals surface area (Å²) >= 11 is 0. The predicted molar refractivity (Wildman–Crippen MR) is 117 cm³/mol. The molecule has 9 heteroatoms. The number of fused-ring (bicyclic) bond motifs is 1. The van der Waals surface area contributed by atoms with E-state index in [1.54, 1.807) is 31.2 Å². The van der Waals surface area contributed by atoms with Crippen LogP contribution in [0.4, 0.5) is 5.69 Å². The maximum Gasteiger partial charge on any atom is 0.251 e. The molecular formula is C23H29N5O4. The molecule has 0 spiro atoms. The summed E-state index contributed by atoms with van der Waals surface area (Å²) < 4.78 is 5.58. The second-order valence-electron chi connectivity index (χ2n) is 9.24. The highest BCUT2D eigenvalue weighted by Crippen LogP contribution is 2.50. The number of likely N-dealkylation sites (tertiary alicyclic amines) is 1. The highest BCUT2D eigenvalue weighted by atomic mass is 16.5. The normalized spacial score (nSPS) is 24.5. The van der Waals surface area contributed by atoms with Gasteiger partial charge in [0.05, 0.1) is 5.41 Å². The first kappa shape index (κ1) is 22.0. The van der Waals surface area contributed by atoms with Gasteiger partial charge in [-0.25, -0.2) is 0 Å². The van der Waals surface area contributed by atoms with Crippen molar-refractivity contribution in [2.45, 2.75) is 52.0 Å². The van der Waals surface area contributed by atoms with E-state index in [1.165, 1.54) is 6.92 Å². The van der Waals surface area contributed by atoms with Crippen LogP contribution in [0.5, 0.6) is 0 Å². The molecular weight excluding hydrogens is 410 g/mol. The first-order valence-corrected chi connectivity index (χ1v) is 11.0. The number of aromatic nitrogens is 2. The van der Waals surface area contributed by atoms with Crippen molar-refractivity contribution in [3.05, 3.63) is 41.5 Å². The molecule has 2 aliphatic rings. The zero-order valence-electron chi connectivity index (χ0n) is 18.8. The Bertz CT molecular complexity index is 1030. The number of aryl methyl sites for hydroxylation is 1. The van der Waals surface area contributed by atoms with E-state index in [1.807, 2.05) is 18.7 Å². The van der Waals surface area contributed by atoms with Crippen LogP contribution in [0.25, 0.3) is 0 Å². The maximum atomic E-state index is 12.8. The molecule has 3 amide bonds. The Morgan fingerprint density at radius 2 is 1.94 bits per heavy atom. The number of hydrogen-bond donors (Lipinski definition) is 2. The lowest BCUT2D eigenvalue weighted by Gasteiger charge is -2.26. The summed E-state index contributed by atoms with van der Waals surface area (Å²) in [6, 6.07) is 6.73. The zero-order chi connectivity index (χ0) is 23.0. The minimum absolute atomic E-state index is 0.0639. The van der Waals surface area contributed by atoms with Gasteiger partial charge < -0.3 is 20.1 Å². The molecule has 0 radical (unpaired) electrons. The average molecular weight is 440 g/mol. The standard InChI is InChI=1S/C23H29N5O4/c1-13(2)21(31)28-11-17-9-19(10-23(17,12-28)22-24-14(3)27-32-22)26-20(30)16-5-7-18(8-6-16)25-15(4)29/h5-8,13,17,19H,9-12H2,1-4H3,(H,25,29)(H,26,30)/t17-,19+,23-/m0/s1. The molecule has 3 atom stereocenters. The number of amides is 3. The van der Waals surface area contributed by atoms with E-state index in [0.29, 0.717) is 42.5 Å². The van der Waals surface area contributed by atoms with Crippen molar-refractivity contribution in [3.63, 3.8) is 0 Å². The fourth-order valence-corrected chi connectivity index (χ4v) is 5.02. The molecule has 0 bridgehead atoms. The van der Waals surface area contributed by atoms with Gasteiger partial charge in [0.25, 0.3) is 5.91 Å². The number of hydrogen-bond acceptors (Lipinski definition) is 6. The van der Waals surface area contributed by atoms with Crippen LogP contribution in [0.2, 0.25) is 0 Å². The highest BCUT2D eigenvalue weighted by molar-refractivity contribution is 5.95. The summed E-state index contributed by atoms with van der Waals surface area (Å²) in [7, 11) is 0. The highest BCUT2D eigenvalue weighted by Gasteiger charge is 2.58. The Kier molecular flexibility index (Phi) is 5.75. The van der Waals surface area contributed by atoms with Gasteiger partial charge in [0, 0.05) is 43.2 Å². The number of benzene rings is 1. The van der Waals surface area contributed by atoms with Crippen molar-refractivity contribution in [3.8, 4) is 0 Å². The number of carbonyl (C=O) groups excluding carboxylic acids is 3. The molecule has 2 fully saturated rings. The lowest BCUT2D eigenvalue weighted by atomic mass is 9.80. The SMILES string of the molecule is CC(=O)Nc1ccc(C(=O)N[C@@H]2C[C@H]3CN(C(=O)C(C)C)C[C@@]3(c3nc(C)no3)C2)cc1. The zero-order valence-corrected chi connectivity index (χ0v) is 18.8. The average Bonchev–Trinajstić information content (AvgIpc) is 3.40. The van der Waals surface area contributed by atoms with Crippen molar-refractivity contribution in [1.82, 2.24) is 20.4 Å². The topological polar surface area (TPSA) is 117 Å². The van der Waals surface area contributed by atoms with Gasteiger partial charge >= 0.3 is 0 Å². The Hall–Kier alpha value is -3.23. The Morgan fingerprint density at radius 1 is 1.22 bits per heavy atom. The van der Waals surface area contributed by atoms with Gasteiger partial charge in [0.1, 0.15) is 0 Å². The van der Waals surface area contributed by atoms with Crippen molar-refractivity contribution < 1.29 is 18.9 Å². The summed E-state index contributed by atoms with van der Waals surface area (Å²) in [5.74, 6) is 0.963. The minimum Gasteiger partial charge on any atom is -0.349 e. The molecule has 2 N–H and O–H groups in total. The third kappa shape index (κ3) is 4.11. The molecule has 1 aliphatic carbocycles. The molecule has 1 aromatic heterocycles. The van der Waals surface area contributed by atoms with E-state index < -0.39 is 5.41 Å². The molecule has 4 rings (SSSR count). The van der Waals surface area contributed by atoms with E-state index in [0.717, 1.165) is 6.42 Å². The number of nitrogens with zero attached hydrogens (tertiary/aromatic N) is 3. The van der Waals surface area contributed by atoms with Crippen LogP contribution in [-0.4, -0.2) is 51.9 Å². The van der Waals surface area contributed by atoms with Gasteiger partial charge in [-0.15, -0.1) is 0 Å². The quantitative estimate of drug-likeness (QED) is 0.738. The van der Waals surface area contributed by atoms with E-state index in [9.17, 15) is 14.4 Å². The molecule has 1 aromatic carbocycles. The van der Waals surface area contributed by atoms with E-state index >= 15 is 0 Å². The molecule has 32 heavy (non-hydrogen) atoms. The summed E-state index contributed by atoms with van der Waals surface area (Å²) in [6.45, 7) is 8.17. The second kappa shape index (κ2) is 8.37. The fraction of sp³-hybridized carbons (Fsp3) is 0.522. The number of anilines is 1. The molecule has 1 saturated heterocycles. The molecule has 9 nitrogen and oxygen atoms in total. The molecule has 1 saturated carbocycles. The molecule has 2 heterocycles. The molecule has 170 valence electrons. The van der Waals surface area contributed by atoms with Gasteiger partial charge in [-0.3, -0.25) is 14.4 Å². The Labute approximate surface area is 186 Å². The fourth-order valence-electron chi connectivity index (χ4n) is 5.02. The Balaban J connectivity index is 1.49. The van der Waals surface area contributed by atoms with Crippen LogP contribution >= 0.6 is 0 Å². The monoisotopic (exact) mass is 439 g/mol. The van der Waals surface area contributed by atoms with Crippen LogP contribution < -0.4 is 10.6 Å². The number of carbonyl (C=O) groups is 3. The van der Waals surface area contributed by atoms with Gasteiger partial charge in [-0.1, -0.05) is 19.0 Å². The largest absolute Gasteiger partial charge is 0.349 e. The van der Waals surface area contributed by atoms with Gasteiger partial charge in [0.2, 0.25) is 17.7 Å². The van der Waals surface area contributed by atoms with Crippen LogP contribution in [0.1, 0.15) is 55.7 Å². The van der Waals surface area contributed by atoms with Gasteiger partial charge in [-0.2, -0.15) is 4.98 Å². The minimum atomic E-state index is -0.445.